The SMILES string of the molecule is CC(NCCCC(N)=NO)C(C)(C)C. The molecule has 0 aliphatic carbocycles. The van der Waals surface area contributed by atoms with E-state index in [1.807, 2.05) is 0 Å². The molecule has 0 bridgehead atoms. The summed E-state index contributed by atoms with van der Waals surface area (Å²) in [5, 5.41) is 14.6. The summed E-state index contributed by atoms with van der Waals surface area (Å²) in [4.78, 5) is 0. The Labute approximate surface area is 86.6 Å². The van der Waals surface area contributed by atoms with Crippen LogP contribution in [-0.4, -0.2) is 23.6 Å². The van der Waals surface area contributed by atoms with Gasteiger partial charge in [0.2, 0.25) is 0 Å². The standard InChI is InChI=1S/C10H23N3O/c1-8(10(2,3)4)12-7-5-6-9(11)13-14/h8,12,14H,5-7H2,1-4H3,(H2,11,13). The van der Waals surface area contributed by atoms with E-state index in [1.165, 1.54) is 0 Å². The van der Waals surface area contributed by atoms with Gasteiger partial charge in [0.1, 0.15) is 5.84 Å². The predicted molar refractivity (Wildman–Crippen MR) is 59.6 cm³/mol. The fraction of sp³-hybridized carbons (Fsp3) is 0.900. The molecular weight excluding hydrogens is 178 g/mol. The summed E-state index contributed by atoms with van der Waals surface area (Å²) < 4.78 is 0. The molecule has 4 heteroatoms. The molecule has 1 unspecified atom stereocenters. The molecule has 0 aromatic carbocycles. The molecular formula is C10H23N3O. The van der Waals surface area contributed by atoms with Crippen LogP contribution in [0.1, 0.15) is 40.5 Å². The highest BCUT2D eigenvalue weighted by Gasteiger charge is 2.18. The van der Waals surface area contributed by atoms with Crippen LogP contribution in [0.5, 0.6) is 0 Å². The van der Waals surface area contributed by atoms with Gasteiger partial charge in [0.15, 0.2) is 0 Å². The molecule has 14 heavy (non-hydrogen) atoms. The molecule has 0 amide bonds. The van der Waals surface area contributed by atoms with E-state index in [4.69, 9.17) is 10.9 Å². The number of nitrogens with zero attached hydrogens (tertiary/aromatic N) is 1. The Kier molecular flexibility index (Phi) is 5.53. The first-order valence-electron chi connectivity index (χ1n) is 5.07. The fourth-order valence-electron chi connectivity index (χ4n) is 0.944. The van der Waals surface area contributed by atoms with Crippen molar-refractivity contribution in [1.29, 1.82) is 0 Å². The summed E-state index contributed by atoms with van der Waals surface area (Å²) in [5.41, 5.74) is 5.62. The van der Waals surface area contributed by atoms with Crippen molar-refractivity contribution in [2.75, 3.05) is 6.54 Å². The van der Waals surface area contributed by atoms with Gasteiger partial charge in [-0.1, -0.05) is 25.9 Å². The molecule has 0 radical (unpaired) electrons. The summed E-state index contributed by atoms with van der Waals surface area (Å²) in [5.74, 6) is 0.301. The number of nitrogens with one attached hydrogen (secondary N) is 1. The van der Waals surface area contributed by atoms with Gasteiger partial charge in [-0.05, 0) is 25.3 Å². The number of rotatable bonds is 5. The molecule has 0 aromatic rings. The van der Waals surface area contributed by atoms with Crippen LogP contribution in [0, 0.1) is 5.41 Å². The average molecular weight is 201 g/mol. The van der Waals surface area contributed by atoms with Crippen LogP contribution in [0.15, 0.2) is 5.16 Å². The third-order valence-corrected chi connectivity index (χ3v) is 2.49. The topological polar surface area (TPSA) is 70.6 Å². The Bertz CT molecular complexity index is 184. The fourth-order valence-corrected chi connectivity index (χ4v) is 0.944. The summed E-state index contributed by atoms with van der Waals surface area (Å²) in [6.07, 6.45) is 1.54. The zero-order valence-electron chi connectivity index (χ0n) is 9.67. The van der Waals surface area contributed by atoms with Gasteiger partial charge in [-0.3, -0.25) is 0 Å². The molecule has 4 N–H and O–H groups in total. The maximum Gasteiger partial charge on any atom is 0.139 e. The van der Waals surface area contributed by atoms with E-state index in [0.29, 0.717) is 18.3 Å². The van der Waals surface area contributed by atoms with Crippen molar-refractivity contribution in [2.24, 2.45) is 16.3 Å². The van der Waals surface area contributed by atoms with Gasteiger partial charge in [-0.2, -0.15) is 0 Å². The van der Waals surface area contributed by atoms with E-state index < -0.39 is 0 Å². The molecule has 4 nitrogen and oxygen atoms in total. The third kappa shape index (κ3) is 5.80. The molecule has 84 valence electrons. The minimum atomic E-state index is 0.274. The first-order valence-corrected chi connectivity index (χ1v) is 5.07. The summed E-state index contributed by atoms with van der Waals surface area (Å²) >= 11 is 0. The van der Waals surface area contributed by atoms with Crippen LogP contribution in [-0.2, 0) is 0 Å². The van der Waals surface area contributed by atoms with Crippen LogP contribution < -0.4 is 11.1 Å². The molecule has 0 aliphatic rings. The molecule has 0 aliphatic heterocycles. The maximum absolute atomic E-state index is 8.32. The first kappa shape index (κ1) is 13.2. The van der Waals surface area contributed by atoms with Crippen molar-refractivity contribution in [3.05, 3.63) is 0 Å². The third-order valence-electron chi connectivity index (χ3n) is 2.49. The van der Waals surface area contributed by atoms with Crippen LogP contribution in [0.4, 0.5) is 0 Å². The van der Waals surface area contributed by atoms with Crippen molar-refractivity contribution in [2.45, 2.75) is 46.6 Å². The Morgan fingerprint density at radius 1 is 1.50 bits per heavy atom. The lowest BCUT2D eigenvalue weighted by molar-refractivity contribution is 0.286. The lowest BCUT2D eigenvalue weighted by Crippen LogP contribution is -2.38. The highest BCUT2D eigenvalue weighted by atomic mass is 16.4. The number of nitrogens with two attached hydrogens (primary N) is 1. The predicted octanol–water partition coefficient (Wildman–Crippen LogP) is 1.54. The molecule has 0 saturated heterocycles. The minimum Gasteiger partial charge on any atom is -0.409 e. The Morgan fingerprint density at radius 2 is 2.07 bits per heavy atom. The maximum atomic E-state index is 8.32. The highest BCUT2D eigenvalue weighted by molar-refractivity contribution is 5.79. The molecule has 0 spiro atoms. The van der Waals surface area contributed by atoms with Crippen LogP contribution in [0.25, 0.3) is 0 Å². The van der Waals surface area contributed by atoms with Gasteiger partial charge in [-0.25, -0.2) is 0 Å². The van der Waals surface area contributed by atoms with Gasteiger partial charge in [-0.15, -0.1) is 0 Å². The second-order valence-electron chi connectivity index (χ2n) is 4.74. The van der Waals surface area contributed by atoms with E-state index in [-0.39, 0.29) is 5.41 Å². The zero-order chi connectivity index (χ0) is 11.2. The summed E-state index contributed by atoms with van der Waals surface area (Å²) in [7, 11) is 0. The van der Waals surface area contributed by atoms with Crippen molar-refractivity contribution < 1.29 is 5.21 Å². The zero-order valence-corrected chi connectivity index (χ0v) is 9.67. The second kappa shape index (κ2) is 5.86. The largest absolute Gasteiger partial charge is 0.409 e. The number of oxime groups is 1. The Balaban J connectivity index is 3.56. The van der Waals surface area contributed by atoms with E-state index in [1.54, 1.807) is 0 Å². The summed E-state index contributed by atoms with van der Waals surface area (Å²) in [6, 6.07) is 0.467. The van der Waals surface area contributed by atoms with Crippen molar-refractivity contribution in [3.8, 4) is 0 Å². The molecule has 0 heterocycles. The van der Waals surface area contributed by atoms with Gasteiger partial charge in [0.05, 0.1) is 0 Å². The lowest BCUT2D eigenvalue weighted by atomic mass is 9.88. The van der Waals surface area contributed by atoms with Crippen LogP contribution >= 0.6 is 0 Å². The van der Waals surface area contributed by atoms with Crippen molar-refractivity contribution in [3.63, 3.8) is 0 Å². The summed E-state index contributed by atoms with van der Waals surface area (Å²) in [6.45, 7) is 9.68. The second-order valence-corrected chi connectivity index (χ2v) is 4.74. The van der Waals surface area contributed by atoms with E-state index in [2.05, 4.69) is 38.2 Å². The van der Waals surface area contributed by atoms with Gasteiger partial charge in [0, 0.05) is 12.5 Å². The number of hydrogen-bond donors (Lipinski definition) is 3. The van der Waals surface area contributed by atoms with Gasteiger partial charge >= 0.3 is 0 Å². The molecule has 0 saturated carbocycles. The average Bonchev–Trinajstić information content (AvgIpc) is 2.09. The number of amidine groups is 1. The molecule has 0 rings (SSSR count). The van der Waals surface area contributed by atoms with Gasteiger partial charge < -0.3 is 16.3 Å². The van der Waals surface area contributed by atoms with Crippen molar-refractivity contribution >= 4 is 5.84 Å². The normalized spacial score (nSPS) is 15.6. The van der Waals surface area contributed by atoms with Crippen LogP contribution in [0.2, 0.25) is 0 Å². The minimum absolute atomic E-state index is 0.274. The van der Waals surface area contributed by atoms with E-state index >= 15 is 0 Å². The first-order chi connectivity index (χ1) is 6.38. The Hall–Kier alpha value is -0.770. The van der Waals surface area contributed by atoms with Gasteiger partial charge in [0.25, 0.3) is 0 Å². The van der Waals surface area contributed by atoms with Crippen molar-refractivity contribution in [1.82, 2.24) is 5.32 Å². The number of hydrogen-bond acceptors (Lipinski definition) is 3. The molecule has 0 fully saturated rings. The highest BCUT2D eigenvalue weighted by Crippen LogP contribution is 2.18. The molecule has 0 aromatic heterocycles. The monoisotopic (exact) mass is 201 g/mol. The van der Waals surface area contributed by atoms with E-state index in [9.17, 15) is 0 Å². The quantitative estimate of drug-likeness (QED) is 0.208. The van der Waals surface area contributed by atoms with Crippen LogP contribution in [0.3, 0.4) is 0 Å². The van der Waals surface area contributed by atoms with E-state index in [0.717, 1.165) is 13.0 Å². The molecule has 1 atom stereocenters. The smallest absolute Gasteiger partial charge is 0.139 e. The lowest BCUT2D eigenvalue weighted by Gasteiger charge is -2.28. The Morgan fingerprint density at radius 3 is 2.50 bits per heavy atom.